The molecule has 5 rings (SSSR count). The zero-order chi connectivity index (χ0) is 26.3. The number of hydrogen-bond donors (Lipinski definition) is 2. The number of nitrogens with zero attached hydrogens (tertiary/aromatic N) is 1. The molecule has 2 N–H and O–H groups in total. The van der Waals surface area contributed by atoms with Crippen molar-refractivity contribution in [2.45, 2.75) is 17.7 Å². The highest BCUT2D eigenvalue weighted by Crippen LogP contribution is 2.39. The maximum absolute atomic E-state index is 13.8. The van der Waals surface area contributed by atoms with E-state index in [1.807, 2.05) is 6.92 Å². The van der Waals surface area contributed by atoms with Gasteiger partial charge in [0.25, 0.3) is 0 Å². The minimum absolute atomic E-state index is 0.0825. The number of carbonyl (C=O) groups is 2. The molecule has 0 aliphatic carbocycles. The van der Waals surface area contributed by atoms with E-state index in [2.05, 4.69) is 4.72 Å². The van der Waals surface area contributed by atoms with Crippen LogP contribution in [0.3, 0.4) is 0 Å². The minimum Gasteiger partial charge on any atom is -0.495 e. The Balaban J connectivity index is 1.59. The first-order valence-electron chi connectivity index (χ1n) is 11.4. The van der Waals surface area contributed by atoms with Crippen molar-refractivity contribution < 1.29 is 33.1 Å². The molecule has 190 valence electrons. The van der Waals surface area contributed by atoms with E-state index >= 15 is 0 Å². The number of ether oxygens (including phenoxy) is 3. The molecule has 9 nitrogen and oxygen atoms in total. The van der Waals surface area contributed by atoms with Gasteiger partial charge in [0, 0.05) is 24.1 Å². The van der Waals surface area contributed by atoms with Crippen molar-refractivity contribution in [2.75, 3.05) is 13.9 Å². The predicted molar refractivity (Wildman–Crippen MR) is 137 cm³/mol. The zero-order valence-corrected chi connectivity index (χ0v) is 21.1. The van der Waals surface area contributed by atoms with Gasteiger partial charge >= 0.3 is 5.97 Å². The van der Waals surface area contributed by atoms with E-state index in [1.54, 1.807) is 66.3 Å². The number of benzene rings is 3. The summed E-state index contributed by atoms with van der Waals surface area (Å²) < 4.78 is 34.0. The smallest absolute Gasteiger partial charge is 0.335 e. The highest BCUT2D eigenvalue weighted by molar-refractivity contribution is 7.83. The van der Waals surface area contributed by atoms with Crippen LogP contribution in [0.2, 0.25) is 0 Å². The van der Waals surface area contributed by atoms with Crippen LogP contribution in [0.1, 0.15) is 33.0 Å². The molecule has 10 heteroatoms. The average Bonchev–Trinajstić information content (AvgIpc) is 3.47. The third kappa shape index (κ3) is 4.51. The molecule has 2 unspecified atom stereocenters. The van der Waals surface area contributed by atoms with Gasteiger partial charge < -0.3 is 23.9 Å². The molecule has 1 aliphatic heterocycles. The number of aromatic carboxylic acids is 1. The van der Waals surface area contributed by atoms with Gasteiger partial charge in [0.15, 0.2) is 22.5 Å². The Bertz CT molecular complexity index is 1580. The van der Waals surface area contributed by atoms with Crippen molar-refractivity contribution in [3.8, 4) is 17.2 Å². The fourth-order valence-corrected chi connectivity index (χ4v) is 5.40. The van der Waals surface area contributed by atoms with Gasteiger partial charge in [0.2, 0.25) is 12.7 Å². The van der Waals surface area contributed by atoms with Gasteiger partial charge in [-0.3, -0.25) is 9.52 Å². The van der Waals surface area contributed by atoms with E-state index in [0.717, 1.165) is 5.56 Å². The van der Waals surface area contributed by atoms with Crippen molar-refractivity contribution in [2.24, 2.45) is 7.05 Å². The van der Waals surface area contributed by atoms with E-state index < -0.39 is 28.8 Å². The van der Waals surface area contributed by atoms with Crippen molar-refractivity contribution in [1.82, 2.24) is 9.29 Å². The van der Waals surface area contributed by atoms with Crippen LogP contribution in [0.5, 0.6) is 17.2 Å². The monoisotopic (exact) mass is 520 g/mol. The lowest BCUT2D eigenvalue weighted by molar-refractivity contribution is -0.119. The summed E-state index contributed by atoms with van der Waals surface area (Å²) in [5.41, 5.74) is 2.94. The van der Waals surface area contributed by atoms with Crippen LogP contribution in [0.4, 0.5) is 0 Å². The summed E-state index contributed by atoms with van der Waals surface area (Å²) in [5.74, 6) is -0.949. The molecule has 37 heavy (non-hydrogen) atoms. The van der Waals surface area contributed by atoms with E-state index in [4.69, 9.17) is 14.2 Å². The number of aromatic nitrogens is 1. The number of amides is 1. The number of methoxy groups -OCH3 is 1. The standard InChI is InChI=1S/C27H24N2O7S/c1-15-4-9-24(23(10-15)34-3)37(33)28-26(30)25(16-6-8-21-22(12-16)36-14-35-21)19-13-29(2)20-11-17(27(31)32)5-7-18(19)20/h4-13,25H,14H2,1-3H3,(H,28,30)(H,31,32). The Labute approximate surface area is 215 Å². The summed E-state index contributed by atoms with van der Waals surface area (Å²) >= 11 is 0. The largest absolute Gasteiger partial charge is 0.495 e. The van der Waals surface area contributed by atoms with Gasteiger partial charge in [-0.05, 0) is 60.0 Å². The summed E-state index contributed by atoms with van der Waals surface area (Å²) in [6.45, 7) is 1.97. The summed E-state index contributed by atoms with van der Waals surface area (Å²) in [6.07, 6.45) is 1.78. The molecule has 2 heterocycles. The van der Waals surface area contributed by atoms with E-state index in [9.17, 15) is 18.9 Å². The van der Waals surface area contributed by atoms with Gasteiger partial charge in [-0.2, -0.15) is 0 Å². The molecule has 0 saturated heterocycles. The zero-order valence-electron chi connectivity index (χ0n) is 20.3. The van der Waals surface area contributed by atoms with Crippen LogP contribution in [0.15, 0.2) is 65.7 Å². The number of fused-ring (bicyclic) bond motifs is 2. The minimum atomic E-state index is -1.90. The molecule has 3 aromatic carbocycles. The molecule has 2 atom stereocenters. The second-order valence-electron chi connectivity index (χ2n) is 8.67. The van der Waals surface area contributed by atoms with Crippen LogP contribution in [-0.2, 0) is 22.8 Å². The quantitative estimate of drug-likeness (QED) is 0.380. The van der Waals surface area contributed by atoms with E-state index in [0.29, 0.717) is 44.2 Å². The third-order valence-corrected chi connectivity index (χ3v) is 7.41. The summed E-state index contributed by atoms with van der Waals surface area (Å²) in [7, 11) is 1.36. The Hall–Kier alpha value is -4.31. The van der Waals surface area contributed by atoms with E-state index in [1.165, 1.54) is 13.2 Å². The van der Waals surface area contributed by atoms with Gasteiger partial charge in [0.05, 0.1) is 18.6 Å². The SMILES string of the molecule is COc1cc(C)ccc1S(=O)NC(=O)C(c1ccc2c(c1)OCO2)c1cn(C)c2cc(C(=O)O)ccc12. The number of carboxylic acids is 1. The molecule has 1 aliphatic rings. The topological polar surface area (TPSA) is 116 Å². The second kappa shape index (κ2) is 9.62. The normalized spacial score (nSPS) is 13.8. The second-order valence-corrected chi connectivity index (χ2v) is 9.85. The lowest BCUT2D eigenvalue weighted by Gasteiger charge is -2.18. The molecular formula is C27H24N2O7S. The third-order valence-electron chi connectivity index (χ3n) is 6.28. The lowest BCUT2D eigenvalue weighted by atomic mass is 9.90. The highest BCUT2D eigenvalue weighted by Gasteiger charge is 2.30. The average molecular weight is 521 g/mol. The van der Waals surface area contributed by atoms with Gasteiger partial charge in [-0.1, -0.05) is 18.2 Å². The van der Waals surface area contributed by atoms with Crippen molar-refractivity contribution in [3.63, 3.8) is 0 Å². The Morgan fingerprint density at radius 2 is 1.86 bits per heavy atom. The fraction of sp³-hybridized carbons (Fsp3) is 0.185. The molecule has 0 fully saturated rings. The molecule has 1 aromatic heterocycles. The number of carbonyl (C=O) groups excluding carboxylic acids is 1. The van der Waals surface area contributed by atoms with Crippen LogP contribution in [-0.4, -0.2) is 39.7 Å². The number of carboxylic acid groups (broad SMARTS) is 1. The van der Waals surface area contributed by atoms with Crippen LogP contribution < -0.4 is 18.9 Å². The summed E-state index contributed by atoms with van der Waals surface area (Å²) in [4.78, 5) is 25.7. The highest BCUT2D eigenvalue weighted by atomic mass is 32.2. The van der Waals surface area contributed by atoms with E-state index in [-0.39, 0.29) is 12.4 Å². The molecule has 1 amide bonds. The number of hydrogen-bond acceptors (Lipinski definition) is 6. The van der Waals surface area contributed by atoms with Crippen LogP contribution >= 0.6 is 0 Å². The maximum atomic E-state index is 13.8. The first-order chi connectivity index (χ1) is 17.8. The fourth-order valence-electron chi connectivity index (χ4n) is 4.48. The first-order valence-corrected chi connectivity index (χ1v) is 12.5. The van der Waals surface area contributed by atoms with Crippen LogP contribution in [0.25, 0.3) is 10.9 Å². The van der Waals surface area contributed by atoms with Gasteiger partial charge in [-0.25, -0.2) is 9.00 Å². The molecular weight excluding hydrogens is 496 g/mol. The molecule has 0 saturated carbocycles. The Morgan fingerprint density at radius 1 is 1.08 bits per heavy atom. The molecule has 4 aromatic rings. The molecule has 0 spiro atoms. The Morgan fingerprint density at radius 3 is 2.62 bits per heavy atom. The number of aryl methyl sites for hydroxylation is 2. The number of rotatable bonds is 7. The van der Waals surface area contributed by atoms with Crippen molar-refractivity contribution in [3.05, 3.63) is 83.0 Å². The van der Waals surface area contributed by atoms with Crippen molar-refractivity contribution in [1.29, 1.82) is 0 Å². The molecule has 0 radical (unpaired) electrons. The predicted octanol–water partition coefficient (Wildman–Crippen LogP) is 3.89. The maximum Gasteiger partial charge on any atom is 0.335 e. The summed E-state index contributed by atoms with van der Waals surface area (Å²) in [5, 5.41) is 10.1. The lowest BCUT2D eigenvalue weighted by Crippen LogP contribution is -2.31. The molecule has 0 bridgehead atoms. The Kier molecular flexibility index (Phi) is 6.34. The summed E-state index contributed by atoms with van der Waals surface area (Å²) in [6, 6.07) is 15.2. The van der Waals surface area contributed by atoms with Gasteiger partial charge in [0.1, 0.15) is 10.6 Å². The first kappa shape index (κ1) is 24.4. The van der Waals surface area contributed by atoms with Gasteiger partial charge in [-0.15, -0.1) is 0 Å². The van der Waals surface area contributed by atoms with Crippen LogP contribution in [0, 0.1) is 6.92 Å². The van der Waals surface area contributed by atoms with Crippen molar-refractivity contribution >= 4 is 33.8 Å². The number of nitrogens with one attached hydrogen (secondary N) is 1.